The molecule has 0 atom stereocenters. The summed E-state index contributed by atoms with van der Waals surface area (Å²) in [5, 5.41) is 12.5. The highest BCUT2D eigenvalue weighted by atomic mass is 16.5. The minimum atomic E-state index is -0.641. The van der Waals surface area contributed by atoms with Crippen LogP contribution >= 0.6 is 0 Å². The molecule has 1 aromatic heterocycles. The lowest BCUT2D eigenvalue weighted by Crippen LogP contribution is -2.72. The number of amides is 1. The minimum absolute atomic E-state index is 0.0124. The van der Waals surface area contributed by atoms with Gasteiger partial charge in [-0.1, -0.05) is 30.3 Å². The maximum atomic E-state index is 13.5. The van der Waals surface area contributed by atoms with Crippen LogP contribution in [0.5, 0.6) is 5.75 Å². The van der Waals surface area contributed by atoms with Crippen molar-refractivity contribution in [2.75, 3.05) is 38.5 Å². The third-order valence-electron chi connectivity index (χ3n) is 5.73. The van der Waals surface area contributed by atoms with Crippen molar-refractivity contribution >= 4 is 5.91 Å². The van der Waals surface area contributed by atoms with Crippen LogP contribution < -0.4 is 10.4 Å². The fourth-order valence-corrected chi connectivity index (χ4v) is 4.27. The second-order valence-electron chi connectivity index (χ2n) is 7.31. The highest BCUT2D eigenvalue weighted by Crippen LogP contribution is 2.38. The average Bonchev–Trinajstić information content (AvgIpc) is 2.75. The van der Waals surface area contributed by atoms with Gasteiger partial charge in [-0.15, -0.1) is 0 Å². The van der Waals surface area contributed by atoms with Crippen LogP contribution in [-0.4, -0.2) is 59.7 Å². The van der Waals surface area contributed by atoms with Crippen LogP contribution in [0.25, 0.3) is 0 Å². The third-order valence-corrected chi connectivity index (χ3v) is 5.73. The number of fused-ring (bicyclic) bond motifs is 1. The zero-order chi connectivity index (χ0) is 20.4. The van der Waals surface area contributed by atoms with E-state index >= 15 is 0 Å². The molecule has 1 fully saturated rings. The predicted octanol–water partition coefficient (Wildman–Crippen LogP) is 1.30. The summed E-state index contributed by atoms with van der Waals surface area (Å²) in [5.41, 5.74) is -0.165. The molecular weight excluding hydrogens is 374 g/mol. The third kappa shape index (κ3) is 3.28. The SMILES string of the molecule is COCCN1C(=O)c2c(O)c(=O)ccn2N(Cc2ccccc2)C12CCOCC2. The minimum Gasteiger partial charge on any atom is -0.502 e. The van der Waals surface area contributed by atoms with Gasteiger partial charge in [0.05, 0.1) is 26.4 Å². The second kappa shape index (κ2) is 7.88. The van der Waals surface area contributed by atoms with Gasteiger partial charge in [0.1, 0.15) is 5.66 Å². The summed E-state index contributed by atoms with van der Waals surface area (Å²) >= 11 is 0. The Hall–Kier alpha value is -2.84. The van der Waals surface area contributed by atoms with Crippen molar-refractivity contribution in [1.82, 2.24) is 9.58 Å². The van der Waals surface area contributed by atoms with Crippen molar-refractivity contribution in [2.45, 2.75) is 25.0 Å². The fraction of sp³-hybridized carbons (Fsp3) is 0.429. The van der Waals surface area contributed by atoms with Gasteiger partial charge in [0, 0.05) is 38.8 Å². The molecule has 154 valence electrons. The van der Waals surface area contributed by atoms with Crippen molar-refractivity contribution < 1.29 is 19.4 Å². The zero-order valence-electron chi connectivity index (χ0n) is 16.4. The summed E-state index contributed by atoms with van der Waals surface area (Å²) < 4.78 is 12.5. The highest BCUT2D eigenvalue weighted by molar-refractivity contribution is 5.97. The van der Waals surface area contributed by atoms with E-state index in [2.05, 4.69) is 5.01 Å². The first-order valence-electron chi connectivity index (χ1n) is 9.73. The molecule has 2 aromatic rings. The molecule has 1 spiro atoms. The number of carbonyl (C=O) groups is 1. The Labute approximate surface area is 168 Å². The van der Waals surface area contributed by atoms with E-state index in [4.69, 9.17) is 9.47 Å². The monoisotopic (exact) mass is 399 g/mol. The molecule has 8 nitrogen and oxygen atoms in total. The Kier molecular flexibility index (Phi) is 5.29. The first-order valence-corrected chi connectivity index (χ1v) is 9.73. The van der Waals surface area contributed by atoms with Crippen molar-refractivity contribution in [3.05, 3.63) is 64.1 Å². The maximum Gasteiger partial charge on any atom is 0.278 e. The number of nitrogens with zero attached hydrogens (tertiary/aromatic N) is 3. The molecule has 2 aliphatic rings. The number of rotatable bonds is 5. The molecule has 1 saturated heterocycles. The lowest BCUT2D eigenvalue weighted by molar-refractivity contribution is -0.0469. The number of aromatic nitrogens is 1. The summed E-state index contributed by atoms with van der Waals surface area (Å²) in [5.74, 6) is -0.900. The fourth-order valence-electron chi connectivity index (χ4n) is 4.27. The largest absolute Gasteiger partial charge is 0.502 e. The molecule has 1 N–H and O–H groups in total. The molecule has 0 bridgehead atoms. The van der Waals surface area contributed by atoms with Crippen LogP contribution in [0, 0.1) is 0 Å². The molecule has 0 aliphatic carbocycles. The summed E-state index contributed by atoms with van der Waals surface area (Å²) in [6, 6.07) is 11.2. The number of benzene rings is 1. The quantitative estimate of drug-likeness (QED) is 0.816. The summed E-state index contributed by atoms with van der Waals surface area (Å²) in [6.45, 7) is 2.24. The molecule has 0 saturated carbocycles. The number of hydrogen-bond donors (Lipinski definition) is 1. The number of methoxy groups -OCH3 is 1. The smallest absolute Gasteiger partial charge is 0.278 e. The topological polar surface area (TPSA) is 84.2 Å². The van der Waals surface area contributed by atoms with Crippen LogP contribution in [-0.2, 0) is 16.0 Å². The Balaban J connectivity index is 1.90. The summed E-state index contributed by atoms with van der Waals surface area (Å²) in [6.07, 6.45) is 2.80. The lowest BCUT2D eigenvalue weighted by atomic mass is 9.94. The molecule has 0 radical (unpaired) electrons. The number of ether oxygens (including phenoxy) is 2. The highest BCUT2D eigenvalue weighted by Gasteiger charge is 2.51. The molecule has 4 rings (SSSR count). The van der Waals surface area contributed by atoms with Gasteiger partial charge in [0.15, 0.2) is 11.4 Å². The molecular formula is C21H25N3O5. The Morgan fingerprint density at radius 2 is 1.86 bits per heavy atom. The standard InChI is InChI=1S/C21H25N3O5/c1-28-14-11-22-20(27)18-19(26)17(25)7-10-23(18)24(15-16-5-3-2-4-6-16)21(22)8-12-29-13-9-21/h2-7,10,26H,8-9,11-15H2,1H3. The van der Waals surface area contributed by atoms with Crippen LogP contribution in [0.4, 0.5) is 0 Å². The average molecular weight is 399 g/mol. The van der Waals surface area contributed by atoms with E-state index in [0.717, 1.165) is 5.56 Å². The van der Waals surface area contributed by atoms with Crippen LogP contribution in [0.2, 0.25) is 0 Å². The molecule has 2 aliphatic heterocycles. The van der Waals surface area contributed by atoms with Gasteiger partial charge < -0.3 is 19.5 Å². The number of aromatic hydroxyl groups is 1. The molecule has 8 heteroatoms. The summed E-state index contributed by atoms with van der Waals surface area (Å²) in [7, 11) is 1.59. The Morgan fingerprint density at radius 3 is 2.55 bits per heavy atom. The first kappa shape index (κ1) is 19.5. The van der Waals surface area contributed by atoms with E-state index < -0.39 is 16.8 Å². The molecule has 1 amide bonds. The number of carbonyl (C=O) groups excluding carboxylic acids is 1. The van der Waals surface area contributed by atoms with E-state index in [9.17, 15) is 14.7 Å². The van der Waals surface area contributed by atoms with Crippen molar-refractivity contribution in [3.8, 4) is 5.75 Å². The van der Waals surface area contributed by atoms with Gasteiger partial charge in [-0.05, 0) is 5.56 Å². The molecule has 29 heavy (non-hydrogen) atoms. The van der Waals surface area contributed by atoms with Crippen molar-refractivity contribution in [2.24, 2.45) is 0 Å². The van der Waals surface area contributed by atoms with Gasteiger partial charge in [-0.2, -0.15) is 0 Å². The second-order valence-corrected chi connectivity index (χ2v) is 7.31. The van der Waals surface area contributed by atoms with Gasteiger partial charge in [-0.3, -0.25) is 19.3 Å². The first-order chi connectivity index (χ1) is 14.1. The molecule has 1 aromatic carbocycles. The number of pyridine rings is 1. The lowest BCUT2D eigenvalue weighted by Gasteiger charge is -2.57. The van der Waals surface area contributed by atoms with E-state index in [1.54, 1.807) is 22.9 Å². The van der Waals surface area contributed by atoms with E-state index in [1.165, 1.54) is 6.07 Å². The molecule has 3 heterocycles. The van der Waals surface area contributed by atoms with E-state index in [-0.39, 0.29) is 11.6 Å². The maximum absolute atomic E-state index is 13.5. The normalized spacial score (nSPS) is 18.2. The van der Waals surface area contributed by atoms with Crippen LogP contribution in [0.3, 0.4) is 0 Å². The van der Waals surface area contributed by atoms with Gasteiger partial charge in [0.2, 0.25) is 5.43 Å². The van der Waals surface area contributed by atoms with Crippen molar-refractivity contribution in [3.63, 3.8) is 0 Å². The Bertz CT molecular complexity index is 937. The molecule has 0 unspecified atom stereocenters. The Morgan fingerprint density at radius 1 is 1.14 bits per heavy atom. The van der Waals surface area contributed by atoms with Crippen LogP contribution in [0.1, 0.15) is 28.9 Å². The van der Waals surface area contributed by atoms with Gasteiger partial charge >= 0.3 is 0 Å². The summed E-state index contributed by atoms with van der Waals surface area (Å²) in [4.78, 5) is 27.3. The van der Waals surface area contributed by atoms with Crippen molar-refractivity contribution in [1.29, 1.82) is 0 Å². The van der Waals surface area contributed by atoms with E-state index in [0.29, 0.717) is 45.8 Å². The van der Waals surface area contributed by atoms with Gasteiger partial charge in [-0.25, -0.2) is 0 Å². The van der Waals surface area contributed by atoms with Crippen LogP contribution in [0.15, 0.2) is 47.4 Å². The van der Waals surface area contributed by atoms with Gasteiger partial charge in [0.25, 0.3) is 5.91 Å². The van der Waals surface area contributed by atoms with E-state index in [1.807, 2.05) is 30.3 Å². The zero-order valence-corrected chi connectivity index (χ0v) is 16.4. The predicted molar refractivity (Wildman–Crippen MR) is 106 cm³/mol. The number of hydrogen-bond acceptors (Lipinski definition) is 6.